The Morgan fingerprint density at radius 2 is 2.00 bits per heavy atom. The topological polar surface area (TPSA) is 12.0 Å². The zero-order chi connectivity index (χ0) is 11.9. The number of hydrogen-bond donors (Lipinski definition) is 1. The standard InChI is InChI=1S/C15H27N/c1-6-8-13-14-11(4)12(5)15(13,14)9-10(3)16-7-2/h10-12,16H,6-9H2,1-5H3/t10?,11?,12?,15-/m1/s1. The van der Waals surface area contributed by atoms with Gasteiger partial charge in [0.15, 0.2) is 0 Å². The zero-order valence-electron chi connectivity index (χ0n) is 11.6. The van der Waals surface area contributed by atoms with E-state index in [9.17, 15) is 0 Å². The third kappa shape index (κ3) is 1.48. The SMILES string of the molecule is CCCC1=C2C(C)C(C)[C@]12CC(C)NCC. The molecular formula is C15H27N. The summed E-state index contributed by atoms with van der Waals surface area (Å²) < 4.78 is 0. The van der Waals surface area contributed by atoms with Gasteiger partial charge in [0, 0.05) is 11.5 Å². The van der Waals surface area contributed by atoms with Crippen LogP contribution < -0.4 is 5.32 Å². The van der Waals surface area contributed by atoms with E-state index >= 15 is 0 Å². The van der Waals surface area contributed by atoms with Crippen LogP contribution in [0.5, 0.6) is 0 Å². The normalized spacial score (nSPS) is 38.1. The lowest BCUT2D eigenvalue weighted by molar-refractivity contribution is 0.159. The van der Waals surface area contributed by atoms with Crippen LogP contribution in [-0.2, 0) is 0 Å². The molecule has 0 spiro atoms. The summed E-state index contributed by atoms with van der Waals surface area (Å²) in [6, 6.07) is 0.671. The Kier molecular flexibility index (Phi) is 3.18. The van der Waals surface area contributed by atoms with Crippen LogP contribution in [0.25, 0.3) is 0 Å². The third-order valence-electron chi connectivity index (χ3n) is 4.95. The average Bonchev–Trinajstić information content (AvgIpc) is 2.82. The zero-order valence-corrected chi connectivity index (χ0v) is 11.6. The van der Waals surface area contributed by atoms with Crippen LogP contribution in [-0.4, -0.2) is 12.6 Å². The molecule has 2 rings (SSSR count). The molecule has 0 amide bonds. The number of hydrogen-bond acceptors (Lipinski definition) is 1. The minimum atomic E-state index is 0.580. The highest BCUT2D eigenvalue weighted by molar-refractivity contribution is 5.59. The maximum atomic E-state index is 3.57. The summed E-state index contributed by atoms with van der Waals surface area (Å²) in [6.07, 6.45) is 4.01. The van der Waals surface area contributed by atoms with Crippen molar-refractivity contribution in [1.29, 1.82) is 0 Å². The van der Waals surface area contributed by atoms with Crippen molar-refractivity contribution in [2.24, 2.45) is 17.3 Å². The lowest BCUT2D eigenvalue weighted by Crippen LogP contribution is -2.40. The monoisotopic (exact) mass is 221 g/mol. The molecule has 2 aliphatic rings. The van der Waals surface area contributed by atoms with Crippen molar-refractivity contribution in [1.82, 2.24) is 5.32 Å². The highest BCUT2D eigenvalue weighted by Gasteiger charge is 2.67. The molecule has 1 N–H and O–H groups in total. The second kappa shape index (κ2) is 4.18. The van der Waals surface area contributed by atoms with Gasteiger partial charge in [0.2, 0.25) is 0 Å². The molecule has 0 aliphatic heterocycles. The van der Waals surface area contributed by atoms with Crippen molar-refractivity contribution in [3.05, 3.63) is 11.1 Å². The summed E-state index contributed by atoms with van der Waals surface area (Å²) in [5, 5.41) is 3.57. The third-order valence-corrected chi connectivity index (χ3v) is 4.95. The van der Waals surface area contributed by atoms with Crippen LogP contribution in [0.4, 0.5) is 0 Å². The smallest absolute Gasteiger partial charge is 0.0175 e. The molecule has 4 atom stereocenters. The molecule has 1 fully saturated rings. The van der Waals surface area contributed by atoms with Crippen molar-refractivity contribution in [3.63, 3.8) is 0 Å². The maximum Gasteiger partial charge on any atom is 0.0175 e. The summed E-state index contributed by atoms with van der Waals surface area (Å²) in [5.74, 6) is 1.76. The molecule has 1 nitrogen and oxygen atoms in total. The van der Waals surface area contributed by atoms with E-state index < -0.39 is 0 Å². The molecule has 0 aromatic rings. The summed E-state index contributed by atoms with van der Waals surface area (Å²) in [6.45, 7) is 12.8. The van der Waals surface area contributed by atoms with E-state index in [-0.39, 0.29) is 0 Å². The van der Waals surface area contributed by atoms with Gasteiger partial charge in [-0.15, -0.1) is 0 Å². The van der Waals surface area contributed by atoms with Gasteiger partial charge in [-0.25, -0.2) is 0 Å². The molecule has 1 saturated carbocycles. The van der Waals surface area contributed by atoms with Gasteiger partial charge < -0.3 is 5.32 Å². The Hall–Kier alpha value is -0.300. The second-order valence-corrected chi connectivity index (χ2v) is 5.85. The number of fused-ring (bicyclic) bond motifs is 1. The molecule has 16 heavy (non-hydrogen) atoms. The van der Waals surface area contributed by atoms with Gasteiger partial charge in [-0.05, 0) is 38.1 Å². The molecule has 0 bridgehead atoms. The first-order valence-corrected chi connectivity index (χ1v) is 7.06. The largest absolute Gasteiger partial charge is 0.314 e. The summed E-state index contributed by atoms with van der Waals surface area (Å²) >= 11 is 0. The van der Waals surface area contributed by atoms with Crippen LogP contribution in [0.2, 0.25) is 0 Å². The van der Waals surface area contributed by atoms with Gasteiger partial charge in [-0.3, -0.25) is 0 Å². The van der Waals surface area contributed by atoms with E-state index in [4.69, 9.17) is 0 Å². The van der Waals surface area contributed by atoms with E-state index in [0.29, 0.717) is 11.5 Å². The molecular weight excluding hydrogens is 194 g/mol. The molecule has 0 aromatic carbocycles. The highest BCUT2D eigenvalue weighted by Crippen LogP contribution is 2.75. The number of nitrogens with one attached hydrogen (secondary N) is 1. The molecule has 3 unspecified atom stereocenters. The van der Waals surface area contributed by atoms with Crippen molar-refractivity contribution in [2.45, 2.75) is 59.9 Å². The maximum absolute atomic E-state index is 3.57. The van der Waals surface area contributed by atoms with E-state index in [0.717, 1.165) is 18.4 Å². The molecule has 0 radical (unpaired) electrons. The van der Waals surface area contributed by atoms with Gasteiger partial charge in [-0.2, -0.15) is 0 Å². The average molecular weight is 221 g/mol. The van der Waals surface area contributed by atoms with Gasteiger partial charge in [0.1, 0.15) is 0 Å². The minimum absolute atomic E-state index is 0.580. The van der Waals surface area contributed by atoms with Gasteiger partial charge in [0.05, 0.1) is 0 Å². The van der Waals surface area contributed by atoms with E-state index in [2.05, 4.69) is 39.9 Å². The Morgan fingerprint density at radius 1 is 1.31 bits per heavy atom. The molecule has 2 aliphatic carbocycles. The molecule has 1 heteroatoms. The predicted octanol–water partition coefficient (Wildman–Crippen LogP) is 3.76. The van der Waals surface area contributed by atoms with Crippen LogP contribution in [0.3, 0.4) is 0 Å². The predicted molar refractivity (Wildman–Crippen MR) is 70.5 cm³/mol. The van der Waals surface area contributed by atoms with Crippen molar-refractivity contribution in [3.8, 4) is 0 Å². The quantitative estimate of drug-likeness (QED) is 0.673. The van der Waals surface area contributed by atoms with Crippen LogP contribution >= 0.6 is 0 Å². The van der Waals surface area contributed by atoms with E-state index in [1.165, 1.54) is 19.3 Å². The fourth-order valence-electron chi connectivity index (χ4n) is 4.13. The van der Waals surface area contributed by atoms with E-state index in [1.807, 2.05) is 11.1 Å². The van der Waals surface area contributed by atoms with Crippen LogP contribution in [0.15, 0.2) is 11.1 Å². The Bertz CT molecular complexity index is 305. The Labute approximate surface area is 101 Å². The van der Waals surface area contributed by atoms with Crippen molar-refractivity contribution >= 4 is 0 Å². The Balaban J connectivity index is 1.99. The molecule has 0 saturated heterocycles. The van der Waals surface area contributed by atoms with Gasteiger partial charge in [-0.1, -0.05) is 45.3 Å². The lowest BCUT2D eigenvalue weighted by Gasteiger charge is -2.43. The first-order chi connectivity index (χ1) is 7.59. The van der Waals surface area contributed by atoms with Crippen LogP contribution in [0, 0.1) is 17.3 Å². The number of rotatable bonds is 6. The van der Waals surface area contributed by atoms with Crippen molar-refractivity contribution < 1.29 is 0 Å². The fourth-order valence-corrected chi connectivity index (χ4v) is 4.13. The highest BCUT2D eigenvalue weighted by atomic mass is 14.9. The van der Waals surface area contributed by atoms with Crippen LogP contribution in [0.1, 0.15) is 53.9 Å². The molecule has 0 heterocycles. The minimum Gasteiger partial charge on any atom is -0.314 e. The fraction of sp³-hybridized carbons (Fsp3) is 0.867. The molecule has 0 aromatic heterocycles. The van der Waals surface area contributed by atoms with Gasteiger partial charge in [0.25, 0.3) is 0 Å². The Morgan fingerprint density at radius 3 is 2.56 bits per heavy atom. The lowest BCUT2D eigenvalue weighted by atomic mass is 9.61. The molecule has 92 valence electrons. The second-order valence-electron chi connectivity index (χ2n) is 5.85. The van der Waals surface area contributed by atoms with Crippen molar-refractivity contribution in [2.75, 3.05) is 6.54 Å². The van der Waals surface area contributed by atoms with E-state index in [1.54, 1.807) is 0 Å². The number of allylic oxidation sites excluding steroid dienone is 2. The first-order valence-electron chi connectivity index (χ1n) is 7.06. The van der Waals surface area contributed by atoms with Gasteiger partial charge >= 0.3 is 0 Å². The summed E-state index contributed by atoms with van der Waals surface area (Å²) in [7, 11) is 0. The summed E-state index contributed by atoms with van der Waals surface area (Å²) in [4.78, 5) is 0. The summed E-state index contributed by atoms with van der Waals surface area (Å²) in [5.41, 5.74) is 4.25. The first kappa shape index (κ1) is 12.2.